The van der Waals surface area contributed by atoms with Gasteiger partial charge in [0.1, 0.15) is 24.0 Å². The molecule has 54 heavy (non-hydrogen) atoms. The number of carbonyl (C=O) groups excluding carboxylic acids is 1. The van der Waals surface area contributed by atoms with E-state index < -0.39 is 5.91 Å². The van der Waals surface area contributed by atoms with Crippen LogP contribution in [0.4, 0.5) is 4.39 Å². The van der Waals surface area contributed by atoms with Crippen LogP contribution >= 0.6 is 23.5 Å². The highest BCUT2D eigenvalue weighted by Gasteiger charge is 2.15. The van der Waals surface area contributed by atoms with Crippen molar-refractivity contribution in [2.75, 3.05) is 0 Å². The number of hydrogen-bond acceptors (Lipinski definition) is 9. The molecule has 2 aromatic carbocycles. The number of nitrogens with two attached hydrogens (primary N) is 1. The smallest absolute Gasteiger partial charge is 0.237 e. The summed E-state index contributed by atoms with van der Waals surface area (Å²) in [7, 11) is 1.96. The maximum Gasteiger partial charge on any atom is 0.237 e. The van der Waals surface area contributed by atoms with Crippen molar-refractivity contribution in [3.05, 3.63) is 131 Å². The van der Waals surface area contributed by atoms with Gasteiger partial charge in [0.2, 0.25) is 16.2 Å². The van der Waals surface area contributed by atoms with Gasteiger partial charge in [0.05, 0.1) is 22.9 Å². The van der Waals surface area contributed by atoms with Gasteiger partial charge in [-0.25, -0.2) is 33.4 Å². The highest BCUT2D eigenvalue weighted by Crippen LogP contribution is 2.26. The van der Waals surface area contributed by atoms with Crippen LogP contribution in [0.25, 0.3) is 33.8 Å². The molecule has 8 rings (SSSR count). The predicted octanol–water partition coefficient (Wildman–Crippen LogP) is 7.17. The zero-order chi connectivity index (χ0) is 37.9. The van der Waals surface area contributed by atoms with Gasteiger partial charge < -0.3 is 14.9 Å². The van der Waals surface area contributed by atoms with Crippen LogP contribution in [0.5, 0.6) is 0 Å². The monoisotopic (exact) mass is 759 g/mol. The molecule has 12 nitrogen and oxygen atoms in total. The molecule has 0 atom stereocenters. The summed E-state index contributed by atoms with van der Waals surface area (Å²) in [5, 5.41) is 10.5. The molecule has 0 fully saturated rings. The van der Waals surface area contributed by atoms with E-state index in [2.05, 4.69) is 44.2 Å². The minimum absolute atomic E-state index is 0.0899. The van der Waals surface area contributed by atoms with Crippen LogP contribution in [0, 0.1) is 33.5 Å². The molecule has 0 radical (unpaired) electrons. The molecule has 6 heterocycles. The van der Waals surface area contributed by atoms with E-state index in [-0.39, 0.29) is 12.4 Å². The molecule has 15 heteroatoms. The molecule has 0 aliphatic rings. The van der Waals surface area contributed by atoms with Gasteiger partial charge in [0.15, 0.2) is 11.3 Å². The largest absolute Gasteiger partial charge is 0.368 e. The van der Waals surface area contributed by atoms with Gasteiger partial charge >= 0.3 is 0 Å². The SMILES string of the molecule is Cc1cc(C)n2nc(SCc3nc(-c4ccc(F)cc4)cn3C)nc2c1.Cc1cc(C)n2nc(SCc3nc(-c4ccccc4)cn3CC(N)=O)nc2c1. The normalized spacial score (nSPS) is 11.3. The van der Waals surface area contributed by atoms with Crippen LogP contribution in [0.2, 0.25) is 0 Å². The standard InChI is InChI=1S/C20H20N6OS.C19H18FN5S/c1-13-8-14(2)26-18(9-13)23-20(24-26)28-12-19-22-16(10-25(19)11-17(21)27)15-6-4-3-5-7-15;1-12-8-13(2)25-17(9-12)22-19(23-25)26-11-18-21-16(10-24(18)3)14-4-6-15(20)7-5-14/h3-10H,11-12H2,1-2H3,(H2,21,27);4-10H,11H2,1-3H3. The minimum atomic E-state index is -0.403. The lowest BCUT2D eigenvalue weighted by Gasteiger charge is -2.03. The third kappa shape index (κ3) is 8.37. The summed E-state index contributed by atoms with van der Waals surface area (Å²) in [5.41, 5.74) is 15.1. The van der Waals surface area contributed by atoms with E-state index in [0.29, 0.717) is 16.7 Å². The molecule has 1 amide bonds. The molecule has 0 spiro atoms. The number of nitrogens with zero attached hydrogens (tertiary/aromatic N) is 10. The number of benzene rings is 2. The molecule has 0 aliphatic heterocycles. The highest BCUT2D eigenvalue weighted by atomic mass is 32.2. The van der Waals surface area contributed by atoms with Crippen LogP contribution in [-0.2, 0) is 29.9 Å². The Morgan fingerprint density at radius 3 is 1.78 bits per heavy atom. The fraction of sp³-hybridized carbons (Fsp3) is 0.205. The van der Waals surface area contributed by atoms with E-state index in [9.17, 15) is 9.18 Å². The second-order valence-electron chi connectivity index (χ2n) is 12.9. The van der Waals surface area contributed by atoms with Crippen LogP contribution in [0.1, 0.15) is 34.2 Å². The van der Waals surface area contributed by atoms with Crippen molar-refractivity contribution in [2.45, 2.75) is 56.1 Å². The fourth-order valence-electron chi connectivity index (χ4n) is 5.99. The van der Waals surface area contributed by atoms with Gasteiger partial charge in [-0.3, -0.25) is 4.79 Å². The summed E-state index contributed by atoms with van der Waals surface area (Å²) in [6.07, 6.45) is 3.81. The lowest BCUT2D eigenvalue weighted by molar-refractivity contribution is -0.118. The van der Waals surface area contributed by atoms with E-state index in [1.807, 2.05) is 96.3 Å². The molecular formula is C39H38FN11OS2. The number of thioether (sulfide) groups is 2. The molecule has 274 valence electrons. The molecule has 6 aromatic heterocycles. The number of carbonyl (C=O) groups is 1. The number of amides is 1. The highest BCUT2D eigenvalue weighted by molar-refractivity contribution is 7.98. The average molecular weight is 760 g/mol. The second kappa shape index (κ2) is 15.7. The van der Waals surface area contributed by atoms with Gasteiger partial charge in [0.25, 0.3) is 0 Å². The van der Waals surface area contributed by atoms with Gasteiger partial charge in [-0.05, 0) is 87.4 Å². The topological polar surface area (TPSA) is 139 Å². The second-order valence-corrected chi connectivity index (χ2v) is 14.8. The third-order valence-corrected chi connectivity index (χ3v) is 10.2. The minimum Gasteiger partial charge on any atom is -0.368 e. The van der Waals surface area contributed by atoms with Crippen molar-refractivity contribution in [2.24, 2.45) is 12.8 Å². The van der Waals surface area contributed by atoms with E-state index in [1.165, 1.54) is 29.5 Å². The maximum absolute atomic E-state index is 13.1. The fourth-order valence-corrected chi connectivity index (χ4v) is 7.60. The summed E-state index contributed by atoms with van der Waals surface area (Å²) in [6, 6.07) is 24.4. The summed E-state index contributed by atoms with van der Waals surface area (Å²) in [5.74, 6) is 2.22. The van der Waals surface area contributed by atoms with E-state index in [1.54, 1.807) is 28.5 Å². The number of imidazole rings is 2. The van der Waals surface area contributed by atoms with E-state index in [0.717, 1.165) is 67.6 Å². The number of rotatable bonds is 10. The van der Waals surface area contributed by atoms with Gasteiger partial charge in [-0.2, -0.15) is 0 Å². The Morgan fingerprint density at radius 1 is 0.685 bits per heavy atom. The summed E-state index contributed by atoms with van der Waals surface area (Å²) >= 11 is 3.04. The molecular weight excluding hydrogens is 722 g/mol. The van der Waals surface area contributed by atoms with E-state index in [4.69, 9.17) is 10.7 Å². The molecule has 0 bridgehead atoms. The van der Waals surface area contributed by atoms with Gasteiger partial charge in [-0.1, -0.05) is 53.9 Å². The number of pyridine rings is 2. The zero-order valence-electron chi connectivity index (χ0n) is 30.4. The van der Waals surface area contributed by atoms with E-state index >= 15 is 0 Å². The molecule has 8 aromatic rings. The number of hydrogen-bond donors (Lipinski definition) is 1. The van der Waals surface area contributed by atoms with Crippen LogP contribution in [-0.4, -0.2) is 54.2 Å². The first kappa shape index (κ1) is 36.6. The first-order valence-corrected chi connectivity index (χ1v) is 19.1. The number of halogens is 1. The van der Waals surface area contributed by atoms with Crippen molar-refractivity contribution >= 4 is 40.7 Å². The Kier molecular flexibility index (Phi) is 10.6. The van der Waals surface area contributed by atoms with Gasteiger partial charge in [-0.15, -0.1) is 10.2 Å². The Balaban J connectivity index is 0.000000167. The third-order valence-electron chi connectivity index (χ3n) is 8.51. The number of aromatic nitrogens is 10. The quantitative estimate of drug-likeness (QED) is 0.144. The average Bonchev–Trinajstić information content (AvgIpc) is 3.92. The number of fused-ring (bicyclic) bond motifs is 2. The Morgan fingerprint density at radius 2 is 1.20 bits per heavy atom. The maximum atomic E-state index is 13.1. The molecule has 0 aliphatic carbocycles. The summed E-state index contributed by atoms with van der Waals surface area (Å²) in [4.78, 5) is 30.0. The van der Waals surface area contributed by atoms with Gasteiger partial charge in [0, 0.05) is 42.0 Å². The first-order chi connectivity index (χ1) is 26.0. The van der Waals surface area contributed by atoms with Crippen molar-refractivity contribution in [3.8, 4) is 22.5 Å². The van der Waals surface area contributed by atoms with Crippen LogP contribution < -0.4 is 5.73 Å². The van der Waals surface area contributed by atoms with Crippen LogP contribution in [0.3, 0.4) is 0 Å². The molecule has 0 saturated carbocycles. The molecule has 0 unspecified atom stereocenters. The summed E-state index contributed by atoms with van der Waals surface area (Å²) < 4.78 is 20.6. The lowest BCUT2D eigenvalue weighted by Crippen LogP contribution is -2.19. The Labute approximate surface area is 319 Å². The Bertz CT molecular complexity index is 2590. The zero-order valence-corrected chi connectivity index (χ0v) is 32.1. The van der Waals surface area contributed by atoms with Crippen molar-refractivity contribution in [1.29, 1.82) is 0 Å². The van der Waals surface area contributed by atoms with Crippen molar-refractivity contribution in [1.82, 2.24) is 48.3 Å². The number of aryl methyl sites for hydroxylation is 5. The predicted molar refractivity (Wildman–Crippen MR) is 210 cm³/mol. The lowest BCUT2D eigenvalue weighted by atomic mass is 10.2. The van der Waals surface area contributed by atoms with Crippen LogP contribution in [0.15, 0.2) is 102 Å². The number of primary amides is 1. The first-order valence-electron chi connectivity index (χ1n) is 17.1. The molecule has 0 saturated heterocycles. The van der Waals surface area contributed by atoms with Crippen molar-refractivity contribution in [3.63, 3.8) is 0 Å². The summed E-state index contributed by atoms with van der Waals surface area (Å²) in [6.45, 7) is 8.22. The Hall–Kier alpha value is -5.80. The van der Waals surface area contributed by atoms with Crippen molar-refractivity contribution < 1.29 is 9.18 Å². The molecule has 2 N–H and O–H groups in total.